The lowest BCUT2D eigenvalue weighted by molar-refractivity contribution is 0.251. The molecule has 0 aliphatic carbocycles. The first kappa shape index (κ1) is 15.9. The summed E-state index contributed by atoms with van der Waals surface area (Å²) in [4.78, 5) is 11.9. The predicted octanol–water partition coefficient (Wildman–Crippen LogP) is 3.74. The van der Waals surface area contributed by atoms with Crippen LogP contribution in [0.2, 0.25) is 5.02 Å². The van der Waals surface area contributed by atoms with Gasteiger partial charge in [-0.15, -0.1) is 5.10 Å². The van der Waals surface area contributed by atoms with Gasteiger partial charge in [0.1, 0.15) is 11.3 Å². The standard InChI is InChI=1S/C17H14ClN3O3/c1-10-8-16(24-15-9-11(22)6-7-12(10)15)20-21-17(23)19-14-5-3-2-4-13(14)18/h2-9,22H,1H3,(H2,19,21,23)/b20-16+. The molecule has 6 nitrogen and oxygen atoms in total. The Hall–Kier alpha value is -2.99. The molecule has 0 spiro atoms. The van der Waals surface area contributed by atoms with Crippen LogP contribution in [0.25, 0.3) is 11.0 Å². The second-order valence-electron chi connectivity index (χ2n) is 5.11. The fourth-order valence-electron chi connectivity index (χ4n) is 2.20. The Labute approximate surface area is 142 Å². The van der Waals surface area contributed by atoms with Gasteiger partial charge in [0.15, 0.2) is 0 Å². The van der Waals surface area contributed by atoms with Gasteiger partial charge in [-0.3, -0.25) is 0 Å². The number of anilines is 1. The average molecular weight is 344 g/mol. The van der Waals surface area contributed by atoms with Crippen molar-refractivity contribution in [2.24, 2.45) is 5.10 Å². The summed E-state index contributed by atoms with van der Waals surface area (Å²) >= 11 is 5.97. The number of phenols is 1. The third-order valence-electron chi connectivity index (χ3n) is 3.33. The van der Waals surface area contributed by atoms with Crippen LogP contribution in [0.3, 0.4) is 0 Å². The second kappa shape index (κ2) is 6.64. The zero-order valence-corrected chi connectivity index (χ0v) is 13.5. The normalized spacial score (nSPS) is 11.5. The van der Waals surface area contributed by atoms with Crippen LogP contribution < -0.4 is 16.3 Å². The number of aromatic hydroxyl groups is 1. The number of hydrogen-bond donors (Lipinski definition) is 3. The van der Waals surface area contributed by atoms with Gasteiger partial charge in [0.05, 0.1) is 10.7 Å². The first-order chi connectivity index (χ1) is 11.5. The molecule has 24 heavy (non-hydrogen) atoms. The van der Waals surface area contributed by atoms with E-state index in [1.807, 2.05) is 6.92 Å². The monoisotopic (exact) mass is 343 g/mol. The van der Waals surface area contributed by atoms with Crippen LogP contribution in [0.5, 0.6) is 5.75 Å². The summed E-state index contributed by atoms with van der Waals surface area (Å²) in [5, 5.41) is 17.3. The van der Waals surface area contributed by atoms with Gasteiger partial charge in [0, 0.05) is 17.5 Å². The number of hydrogen-bond acceptors (Lipinski definition) is 4. The molecule has 0 bridgehead atoms. The van der Waals surface area contributed by atoms with Gasteiger partial charge in [0.25, 0.3) is 0 Å². The first-order valence-electron chi connectivity index (χ1n) is 7.11. The van der Waals surface area contributed by atoms with E-state index in [0.717, 1.165) is 10.9 Å². The molecule has 0 unspecified atom stereocenters. The maximum Gasteiger partial charge on any atom is 0.339 e. The highest BCUT2D eigenvalue weighted by atomic mass is 35.5. The molecule has 7 heteroatoms. The minimum atomic E-state index is -0.549. The molecule has 0 saturated carbocycles. The topological polar surface area (TPSA) is 86.9 Å². The number of nitrogens with one attached hydrogen (secondary N) is 2. The number of aryl methyl sites for hydroxylation is 1. The quantitative estimate of drug-likeness (QED) is 0.619. The number of carbonyl (C=O) groups excluding carboxylic acids is 1. The molecule has 0 atom stereocenters. The lowest BCUT2D eigenvalue weighted by Gasteiger charge is -2.06. The molecule has 3 aromatic rings. The highest BCUT2D eigenvalue weighted by Crippen LogP contribution is 2.21. The van der Waals surface area contributed by atoms with Crippen molar-refractivity contribution in [2.45, 2.75) is 6.92 Å². The Morgan fingerprint density at radius 2 is 2.00 bits per heavy atom. The van der Waals surface area contributed by atoms with Crippen molar-refractivity contribution in [1.29, 1.82) is 0 Å². The second-order valence-corrected chi connectivity index (χ2v) is 5.51. The van der Waals surface area contributed by atoms with E-state index in [0.29, 0.717) is 16.3 Å². The fraction of sp³-hybridized carbons (Fsp3) is 0.0588. The zero-order valence-electron chi connectivity index (χ0n) is 12.7. The van der Waals surface area contributed by atoms with E-state index < -0.39 is 6.03 Å². The molecule has 0 radical (unpaired) electrons. The lowest BCUT2D eigenvalue weighted by Crippen LogP contribution is -2.26. The van der Waals surface area contributed by atoms with Crippen LogP contribution in [0.1, 0.15) is 5.56 Å². The average Bonchev–Trinajstić information content (AvgIpc) is 2.55. The number of fused-ring (bicyclic) bond motifs is 1. The van der Waals surface area contributed by atoms with Crippen LogP contribution in [-0.4, -0.2) is 11.1 Å². The van der Waals surface area contributed by atoms with Gasteiger partial charge in [0.2, 0.25) is 5.55 Å². The molecule has 3 rings (SSSR count). The van der Waals surface area contributed by atoms with E-state index in [4.69, 9.17) is 16.0 Å². The summed E-state index contributed by atoms with van der Waals surface area (Å²) in [5.41, 5.74) is 4.40. The molecular formula is C17H14ClN3O3. The van der Waals surface area contributed by atoms with Crippen LogP contribution in [0, 0.1) is 6.92 Å². The number of halogens is 1. The van der Waals surface area contributed by atoms with Crippen molar-refractivity contribution in [1.82, 2.24) is 5.43 Å². The Balaban J connectivity index is 1.82. The highest BCUT2D eigenvalue weighted by molar-refractivity contribution is 6.33. The van der Waals surface area contributed by atoms with Crippen molar-refractivity contribution in [3.05, 3.63) is 64.7 Å². The van der Waals surface area contributed by atoms with Crippen LogP contribution in [0.4, 0.5) is 10.5 Å². The molecule has 2 aromatic carbocycles. The third kappa shape index (κ3) is 3.49. The molecule has 0 aliphatic heterocycles. The van der Waals surface area contributed by atoms with Crippen molar-refractivity contribution >= 4 is 34.3 Å². The van der Waals surface area contributed by atoms with Crippen molar-refractivity contribution in [3.8, 4) is 5.75 Å². The minimum Gasteiger partial charge on any atom is -0.508 e. The fourth-order valence-corrected chi connectivity index (χ4v) is 2.38. The Morgan fingerprint density at radius 1 is 1.21 bits per heavy atom. The van der Waals surface area contributed by atoms with Gasteiger partial charge in [-0.1, -0.05) is 23.7 Å². The van der Waals surface area contributed by atoms with Gasteiger partial charge >= 0.3 is 6.03 Å². The van der Waals surface area contributed by atoms with E-state index in [-0.39, 0.29) is 11.3 Å². The number of phenolic OH excluding ortho intramolecular Hbond substituents is 1. The molecule has 0 saturated heterocycles. The Morgan fingerprint density at radius 3 is 2.79 bits per heavy atom. The summed E-state index contributed by atoms with van der Waals surface area (Å²) in [5.74, 6) is 0.0900. The van der Waals surface area contributed by atoms with E-state index in [1.54, 1.807) is 42.5 Å². The summed E-state index contributed by atoms with van der Waals surface area (Å²) < 4.78 is 5.55. The molecule has 1 heterocycles. The van der Waals surface area contributed by atoms with Crippen LogP contribution in [0.15, 0.2) is 58.0 Å². The molecule has 2 amide bonds. The maximum atomic E-state index is 11.9. The smallest absolute Gasteiger partial charge is 0.339 e. The number of urea groups is 1. The largest absolute Gasteiger partial charge is 0.508 e. The lowest BCUT2D eigenvalue weighted by atomic mass is 10.1. The third-order valence-corrected chi connectivity index (χ3v) is 3.66. The van der Waals surface area contributed by atoms with Crippen LogP contribution in [-0.2, 0) is 0 Å². The maximum absolute atomic E-state index is 11.9. The molecule has 3 N–H and O–H groups in total. The molecule has 1 aromatic heterocycles. The number of rotatable bonds is 2. The van der Waals surface area contributed by atoms with E-state index in [2.05, 4.69) is 15.8 Å². The van der Waals surface area contributed by atoms with Gasteiger partial charge < -0.3 is 14.8 Å². The molecule has 122 valence electrons. The Kier molecular flexibility index (Phi) is 4.39. The summed E-state index contributed by atoms with van der Waals surface area (Å²) in [6, 6.07) is 12.8. The van der Waals surface area contributed by atoms with Crippen LogP contribution >= 0.6 is 11.6 Å². The predicted molar refractivity (Wildman–Crippen MR) is 91.8 cm³/mol. The van der Waals surface area contributed by atoms with E-state index in [9.17, 15) is 9.90 Å². The number of carbonyl (C=O) groups is 1. The van der Waals surface area contributed by atoms with E-state index >= 15 is 0 Å². The van der Waals surface area contributed by atoms with Crippen molar-refractivity contribution < 1.29 is 14.3 Å². The number of para-hydroxylation sites is 1. The number of amides is 2. The molecular weight excluding hydrogens is 330 g/mol. The Bertz CT molecular complexity index is 982. The van der Waals surface area contributed by atoms with Crippen molar-refractivity contribution in [3.63, 3.8) is 0 Å². The summed E-state index contributed by atoms with van der Waals surface area (Å²) in [7, 11) is 0. The molecule has 0 aliphatic rings. The van der Waals surface area contributed by atoms with Gasteiger partial charge in [-0.2, -0.15) is 0 Å². The summed E-state index contributed by atoms with van der Waals surface area (Å²) in [6.45, 7) is 1.89. The molecule has 0 fully saturated rings. The summed E-state index contributed by atoms with van der Waals surface area (Å²) in [6.07, 6.45) is 0. The number of nitrogens with zero attached hydrogens (tertiary/aromatic N) is 1. The van der Waals surface area contributed by atoms with Crippen molar-refractivity contribution in [2.75, 3.05) is 5.32 Å². The highest BCUT2D eigenvalue weighted by Gasteiger charge is 2.05. The minimum absolute atomic E-state index is 0.0900. The zero-order chi connectivity index (χ0) is 17.1. The first-order valence-corrected chi connectivity index (χ1v) is 7.49. The van der Waals surface area contributed by atoms with Gasteiger partial charge in [-0.25, -0.2) is 10.2 Å². The van der Waals surface area contributed by atoms with E-state index in [1.165, 1.54) is 6.07 Å². The van der Waals surface area contributed by atoms with Gasteiger partial charge in [-0.05, 0) is 36.8 Å². The SMILES string of the molecule is Cc1c/c(=N\NC(=O)Nc2ccccc2Cl)oc2cc(O)ccc12. The number of benzene rings is 2.